The fraction of sp³-hybridized carbons (Fsp3) is 0.353. The molecule has 106 valence electrons. The molecule has 0 atom stereocenters. The van der Waals surface area contributed by atoms with Gasteiger partial charge in [0, 0.05) is 24.3 Å². The van der Waals surface area contributed by atoms with Gasteiger partial charge in [-0.15, -0.1) is 0 Å². The van der Waals surface area contributed by atoms with E-state index in [1.54, 1.807) is 6.20 Å². The molecule has 0 radical (unpaired) electrons. The molecule has 0 saturated heterocycles. The van der Waals surface area contributed by atoms with Gasteiger partial charge in [0.15, 0.2) is 0 Å². The van der Waals surface area contributed by atoms with E-state index < -0.39 is 0 Å². The number of aromatic nitrogens is 1. The van der Waals surface area contributed by atoms with E-state index in [9.17, 15) is 0 Å². The summed E-state index contributed by atoms with van der Waals surface area (Å²) in [6, 6.07) is 10.5. The minimum atomic E-state index is 0.448. The van der Waals surface area contributed by atoms with Gasteiger partial charge in [0.1, 0.15) is 11.5 Å². The average molecular weight is 270 g/mol. The highest BCUT2D eigenvalue weighted by molar-refractivity contribution is 5.41. The van der Waals surface area contributed by atoms with Crippen LogP contribution in [0.5, 0.6) is 11.5 Å². The molecule has 1 N–H and O–H groups in total. The van der Waals surface area contributed by atoms with Crippen LogP contribution >= 0.6 is 0 Å². The fourth-order valence-corrected chi connectivity index (χ4v) is 1.96. The summed E-state index contributed by atoms with van der Waals surface area (Å²) in [7, 11) is 0. The van der Waals surface area contributed by atoms with Crippen molar-refractivity contribution in [2.24, 2.45) is 0 Å². The molecule has 0 bridgehead atoms. The maximum atomic E-state index is 6.03. The van der Waals surface area contributed by atoms with Crippen molar-refractivity contribution in [1.82, 2.24) is 10.3 Å². The Hall–Kier alpha value is -1.87. The monoisotopic (exact) mass is 270 g/mol. The van der Waals surface area contributed by atoms with Gasteiger partial charge in [-0.2, -0.15) is 0 Å². The van der Waals surface area contributed by atoms with Gasteiger partial charge in [-0.05, 0) is 32.0 Å². The molecule has 1 aromatic carbocycles. The van der Waals surface area contributed by atoms with Crippen LogP contribution in [-0.2, 0) is 6.54 Å². The summed E-state index contributed by atoms with van der Waals surface area (Å²) >= 11 is 0. The normalized spacial score (nSPS) is 10.8. The molecule has 3 nitrogen and oxygen atoms in total. The molecular formula is C17H22N2O. The number of hydrogen-bond acceptors (Lipinski definition) is 3. The lowest BCUT2D eigenvalue weighted by Gasteiger charge is -2.15. The predicted octanol–water partition coefficient (Wildman–Crippen LogP) is 3.99. The van der Waals surface area contributed by atoms with Gasteiger partial charge in [0.25, 0.3) is 0 Å². The van der Waals surface area contributed by atoms with Crippen LogP contribution in [-0.4, -0.2) is 11.0 Å². The number of rotatable bonds is 5. The summed E-state index contributed by atoms with van der Waals surface area (Å²) < 4.78 is 6.03. The molecule has 0 saturated carbocycles. The summed E-state index contributed by atoms with van der Waals surface area (Å²) in [6.07, 6.45) is 1.78. The Balaban J connectivity index is 2.24. The van der Waals surface area contributed by atoms with Crippen LogP contribution in [0.25, 0.3) is 0 Å². The maximum Gasteiger partial charge on any atom is 0.148 e. The number of pyridine rings is 1. The lowest BCUT2D eigenvalue weighted by molar-refractivity contribution is 0.463. The molecule has 1 heterocycles. The molecule has 2 aromatic rings. The first-order valence-electron chi connectivity index (χ1n) is 6.98. The van der Waals surface area contributed by atoms with E-state index in [1.807, 2.05) is 25.1 Å². The van der Waals surface area contributed by atoms with Crippen molar-refractivity contribution in [1.29, 1.82) is 0 Å². The zero-order valence-electron chi connectivity index (χ0n) is 12.6. The molecule has 0 aliphatic rings. The van der Waals surface area contributed by atoms with Gasteiger partial charge in [-0.1, -0.05) is 31.5 Å². The van der Waals surface area contributed by atoms with Crippen LogP contribution in [0.2, 0.25) is 0 Å². The van der Waals surface area contributed by atoms with Crippen LogP contribution in [0.1, 0.15) is 30.7 Å². The number of hydrogen-bond donors (Lipinski definition) is 1. The van der Waals surface area contributed by atoms with Crippen molar-refractivity contribution in [3.63, 3.8) is 0 Å². The van der Waals surface area contributed by atoms with E-state index in [2.05, 4.69) is 43.2 Å². The van der Waals surface area contributed by atoms with Gasteiger partial charge >= 0.3 is 0 Å². The summed E-state index contributed by atoms with van der Waals surface area (Å²) in [6.45, 7) is 9.13. The van der Waals surface area contributed by atoms with Gasteiger partial charge in [-0.3, -0.25) is 4.98 Å². The van der Waals surface area contributed by atoms with Crippen molar-refractivity contribution in [3.8, 4) is 11.5 Å². The first-order chi connectivity index (χ1) is 9.56. The average Bonchev–Trinajstić information content (AvgIpc) is 2.41. The Labute approximate surface area is 121 Å². The number of ether oxygens (including phenoxy) is 1. The van der Waals surface area contributed by atoms with E-state index >= 15 is 0 Å². The lowest BCUT2D eigenvalue weighted by Crippen LogP contribution is -2.22. The molecule has 0 fully saturated rings. The molecule has 0 aliphatic carbocycles. The highest BCUT2D eigenvalue weighted by atomic mass is 16.5. The first-order valence-corrected chi connectivity index (χ1v) is 6.98. The third kappa shape index (κ3) is 3.81. The van der Waals surface area contributed by atoms with Gasteiger partial charge in [-0.25, -0.2) is 0 Å². The smallest absolute Gasteiger partial charge is 0.148 e. The molecule has 2 rings (SSSR count). The standard InChI is InChI=1S/C17H22N2O/c1-12(2)19-11-15-10-13(3)7-8-17(15)20-16-6-5-9-18-14(16)4/h5-10,12,19H,11H2,1-4H3. The zero-order valence-corrected chi connectivity index (χ0v) is 12.6. The molecular weight excluding hydrogens is 248 g/mol. The molecule has 20 heavy (non-hydrogen) atoms. The molecule has 1 aromatic heterocycles. The summed E-state index contributed by atoms with van der Waals surface area (Å²) in [5, 5.41) is 3.43. The van der Waals surface area contributed by atoms with Crippen molar-refractivity contribution >= 4 is 0 Å². The van der Waals surface area contributed by atoms with Crippen LogP contribution in [0.15, 0.2) is 36.5 Å². The van der Waals surface area contributed by atoms with Crippen molar-refractivity contribution < 1.29 is 4.74 Å². The quantitative estimate of drug-likeness (QED) is 0.892. The Bertz CT molecular complexity index is 579. The Kier molecular flexibility index (Phi) is 4.74. The highest BCUT2D eigenvalue weighted by Gasteiger charge is 2.08. The van der Waals surface area contributed by atoms with Gasteiger partial charge in [0.2, 0.25) is 0 Å². The van der Waals surface area contributed by atoms with E-state index in [4.69, 9.17) is 4.74 Å². The molecule has 0 aliphatic heterocycles. The SMILES string of the molecule is Cc1ccc(Oc2cccnc2C)c(CNC(C)C)c1. The largest absolute Gasteiger partial charge is 0.455 e. The summed E-state index contributed by atoms with van der Waals surface area (Å²) in [5.41, 5.74) is 3.30. The van der Waals surface area contributed by atoms with Crippen LogP contribution < -0.4 is 10.1 Å². The second kappa shape index (κ2) is 6.53. The summed E-state index contributed by atoms with van der Waals surface area (Å²) in [4.78, 5) is 4.26. The van der Waals surface area contributed by atoms with Crippen LogP contribution in [0.3, 0.4) is 0 Å². The molecule has 0 spiro atoms. The maximum absolute atomic E-state index is 6.03. The van der Waals surface area contributed by atoms with Crippen LogP contribution in [0.4, 0.5) is 0 Å². The molecule has 0 unspecified atom stereocenters. The van der Waals surface area contributed by atoms with E-state index in [-0.39, 0.29) is 0 Å². The van der Waals surface area contributed by atoms with E-state index in [0.717, 1.165) is 23.7 Å². The van der Waals surface area contributed by atoms with Crippen LogP contribution in [0, 0.1) is 13.8 Å². The fourth-order valence-electron chi connectivity index (χ4n) is 1.96. The van der Waals surface area contributed by atoms with Gasteiger partial charge < -0.3 is 10.1 Å². The Morgan fingerprint density at radius 3 is 2.65 bits per heavy atom. The van der Waals surface area contributed by atoms with Crippen molar-refractivity contribution in [2.75, 3.05) is 0 Å². The second-order valence-electron chi connectivity index (χ2n) is 5.34. The first kappa shape index (κ1) is 14.5. The zero-order chi connectivity index (χ0) is 14.5. The van der Waals surface area contributed by atoms with E-state index in [1.165, 1.54) is 11.1 Å². The number of aryl methyl sites for hydroxylation is 2. The Morgan fingerprint density at radius 2 is 1.95 bits per heavy atom. The Morgan fingerprint density at radius 1 is 1.15 bits per heavy atom. The van der Waals surface area contributed by atoms with E-state index in [0.29, 0.717) is 6.04 Å². The third-order valence-electron chi connectivity index (χ3n) is 3.10. The molecule has 0 amide bonds. The second-order valence-corrected chi connectivity index (χ2v) is 5.34. The summed E-state index contributed by atoms with van der Waals surface area (Å²) in [5.74, 6) is 1.70. The number of benzene rings is 1. The number of nitrogens with one attached hydrogen (secondary N) is 1. The third-order valence-corrected chi connectivity index (χ3v) is 3.10. The topological polar surface area (TPSA) is 34.1 Å². The highest BCUT2D eigenvalue weighted by Crippen LogP contribution is 2.27. The minimum absolute atomic E-state index is 0.448. The molecule has 3 heteroatoms. The predicted molar refractivity (Wildman–Crippen MR) is 82.2 cm³/mol. The lowest BCUT2D eigenvalue weighted by atomic mass is 10.1. The van der Waals surface area contributed by atoms with Gasteiger partial charge in [0.05, 0.1) is 5.69 Å². The van der Waals surface area contributed by atoms with Crippen molar-refractivity contribution in [3.05, 3.63) is 53.3 Å². The number of nitrogens with zero attached hydrogens (tertiary/aromatic N) is 1. The van der Waals surface area contributed by atoms with Crippen molar-refractivity contribution in [2.45, 2.75) is 40.3 Å². The minimum Gasteiger partial charge on any atom is -0.455 e.